The summed E-state index contributed by atoms with van der Waals surface area (Å²) in [6, 6.07) is 1.99. The Balaban J connectivity index is 1.96. The summed E-state index contributed by atoms with van der Waals surface area (Å²) in [4.78, 5) is 4.41. The van der Waals surface area contributed by atoms with Gasteiger partial charge in [-0.05, 0) is 45.3 Å². The molecule has 94 valence electrons. The summed E-state index contributed by atoms with van der Waals surface area (Å²) in [5.74, 6) is 0. The van der Waals surface area contributed by atoms with Crippen LogP contribution in [0.2, 0.25) is 0 Å². The summed E-state index contributed by atoms with van der Waals surface area (Å²) in [6.07, 6.45) is 3.67. The molecule has 0 bridgehead atoms. The molecule has 1 saturated heterocycles. The van der Waals surface area contributed by atoms with Crippen molar-refractivity contribution in [1.29, 1.82) is 0 Å². The second kappa shape index (κ2) is 3.76. The van der Waals surface area contributed by atoms with Crippen molar-refractivity contribution in [3.05, 3.63) is 18.5 Å². The first-order valence-electron chi connectivity index (χ1n) is 5.95. The van der Waals surface area contributed by atoms with Crippen molar-refractivity contribution in [1.82, 2.24) is 9.36 Å². The van der Waals surface area contributed by atoms with E-state index in [4.69, 9.17) is 9.31 Å². The van der Waals surface area contributed by atoms with Crippen LogP contribution in [0.25, 0.3) is 10.1 Å². The third kappa shape index (κ3) is 1.76. The molecule has 1 fully saturated rings. The molecule has 0 aromatic carbocycles. The highest BCUT2D eigenvalue weighted by Crippen LogP contribution is 2.36. The summed E-state index contributed by atoms with van der Waals surface area (Å²) >= 11 is 1.44. The molecule has 0 radical (unpaired) electrons. The highest BCUT2D eigenvalue weighted by atomic mass is 32.1. The molecule has 6 heteroatoms. The molecule has 0 spiro atoms. The quantitative estimate of drug-likeness (QED) is 0.737. The molecule has 18 heavy (non-hydrogen) atoms. The zero-order chi connectivity index (χ0) is 13.0. The van der Waals surface area contributed by atoms with Gasteiger partial charge < -0.3 is 9.31 Å². The SMILES string of the molecule is CC1(C)OB(c2cc3cnsc3cn2)OC1(C)C. The Morgan fingerprint density at radius 3 is 2.44 bits per heavy atom. The average molecular weight is 262 g/mol. The lowest BCUT2D eigenvalue weighted by molar-refractivity contribution is 0.00578. The van der Waals surface area contributed by atoms with Crippen LogP contribution in [0, 0.1) is 0 Å². The molecular weight excluding hydrogens is 247 g/mol. The molecule has 0 saturated carbocycles. The van der Waals surface area contributed by atoms with Gasteiger partial charge in [0.15, 0.2) is 0 Å². The van der Waals surface area contributed by atoms with E-state index in [1.165, 1.54) is 11.5 Å². The lowest BCUT2D eigenvalue weighted by atomic mass is 9.84. The van der Waals surface area contributed by atoms with Gasteiger partial charge >= 0.3 is 7.12 Å². The fourth-order valence-electron chi connectivity index (χ4n) is 1.89. The van der Waals surface area contributed by atoms with Crippen molar-refractivity contribution in [3.63, 3.8) is 0 Å². The van der Waals surface area contributed by atoms with Gasteiger partial charge in [0.1, 0.15) is 0 Å². The van der Waals surface area contributed by atoms with Crippen LogP contribution in [0.4, 0.5) is 0 Å². The van der Waals surface area contributed by atoms with E-state index >= 15 is 0 Å². The van der Waals surface area contributed by atoms with Crippen LogP contribution in [-0.2, 0) is 9.31 Å². The van der Waals surface area contributed by atoms with E-state index in [1.54, 1.807) is 0 Å². The Hall–Kier alpha value is -0.975. The summed E-state index contributed by atoms with van der Waals surface area (Å²) in [5, 5.41) is 1.08. The number of rotatable bonds is 1. The van der Waals surface area contributed by atoms with Gasteiger partial charge in [0.2, 0.25) is 0 Å². The van der Waals surface area contributed by atoms with Crippen LogP contribution in [0.3, 0.4) is 0 Å². The van der Waals surface area contributed by atoms with Gasteiger partial charge in [0.25, 0.3) is 0 Å². The summed E-state index contributed by atoms with van der Waals surface area (Å²) in [5.41, 5.74) is 0.143. The van der Waals surface area contributed by atoms with Crippen molar-refractivity contribution in [2.45, 2.75) is 38.9 Å². The zero-order valence-corrected chi connectivity index (χ0v) is 11.7. The third-order valence-corrected chi connectivity index (χ3v) is 4.50. The number of aromatic nitrogens is 2. The average Bonchev–Trinajstić information content (AvgIpc) is 2.80. The maximum Gasteiger partial charge on any atom is 0.514 e. The van der Waals surface area contributed by atoms with Crippen molar-refractivity contribution >= 4 is 34.3 Å². The molecule has 2 aromatic rings. The Bertz CT molecular complexity index is 581. The molecule has 2 aromatic heterocycles. The van der Waals surface area contributed by atoms with E-state index in [2.05, 4.69) is 9.36 Å². The van der Waals surface area contributed by atoms with E-state index in [0.29, 0.717) is 0 Å². The van der Waals surface area contributed by atoms with Crippen LogP contribution < -0.4 is 5.59 Å². The van der Waals surface area contributed by atoms with Crippen molar-refractivity contribution < 1.29 is 9.31 Å². The van der Waals surface area contributed by atoms with Gasteiger partial charge in [-0.1, -0.05) is 0 Å². The van der Waals surface area contributed by atoms with Crippen molar-refractivity contribution in [2.24, 2.45) is 0 Å². The highest BCUT2D eigenvalue weighted by molar-refractivity contribution is 7.13. The fraction of sp³-hybridized carbons (Fsp3) is 0.500. The molecule has 1 aliphatic heterocycles. The van der Waals surface area contributed by atoms with E-state index in [9.17, 15) is 0 Å². The van der Waals surface area contributed by atoms with Crippen LogP contribution in [0.1, 0.15) is 27.7 Å². The maximum atomic E-state index is 5.97. The standard InChI is InChI=1S/C12H15BN2O2S/c1-11(2)12(3,4)17-13(16-11)10-5-8-6-15-18-9(8)7-14-10/h5-7H,1-4H3. The normalized spacial score (nSPS) is 21.7. The molecular formula is C12H15BN2O2S. The van der Waals surface area contributed by atoms with Gasteiger partial charge in [-0.25, -0.2) is 0 Å². The lowest BCUT2D eigenvalue weighted by Crippen LogP contribution is -2.41. The molecule has 0 N–H and O–H groups in total. The Kier molecular flexibility index (Phi) is 2.52. The summed E-state index contributed by atoms with van der Waals surface area (Å²) in [6.45, 7) is 8.16. The molecule has 0 amide bonds. The third-order valence-electron chi connectivity index (χ3n) is 3.76. The van der Waals surface area contributed by atoms with Gasteiger partial charge in [-0.15, -0.1) is 0 Å². The molecule has 0 unspecified atom stereocenters. The second-order valence-corrected chi connectivity index (χ2v) is 6.39. The summed E-state index contributed by atoms with van der Waals surface area (Å²) in [7, 11) is -0.403. The molecule has 3 rings (SSSR count). The maximum absolute atomic E-state index is 5.97. The first-order chi connectivity index (χ1) is 8.39. The van der Waals surface area contributed by atoms with E-state index in [0.717, 1.165) is 15.7 Å². The predicted octanol–water partition coefficient (Wildman–Crippen LogP) is 1.99. The minimum atomic E-state index is -0.403. The van der Waals surface area contributed by atoms with Gasteiger partial charge in [0.05, 0.1) is 21.5 Å². The van der Waals surface area contributed by atoms with Gasteiger partial charge in [-0.2, -0.15) is 4.37 Å². The van der Waals surface area contributed by atoms with Crippen molar-refractivity contribution in [2.75, 3.05) is 0 Å². The fourth-order valence-corrected chi connectivity index (χ4v) is 2.48. The lowest BCUT2D eigenvalue weighted by Gasteiger charge is -2.32. The first-order valence-corrected chi connectivity index (χ1v) is 6.72. The van der Waals surface area contributed by atoms with Crippen LogP contribution in [-0.4, -0.2) is 27.7 Å². The predicted molar refractivity (Wildman–Crippen MR) is 73.1 cm³/mol. The minimum Gasteiger partial charge on any atom is -0.398 e. The highest BCUT2D eigenvalue weighted by Gasteiger charge is 2.52. The van der Waals surface area contributed by atoms with Crippen molar-refractivity contribution in [3.8, 4) is 0 Å². The van der Waals surface area contributed by atoms with Crippen LogP contribution in [0.5, 0.6) is 0 Å². The van der Waals surface area contributed by atoms with E-state index < -0.39 is 7.12 Å². The van der Waals surface area contributed by atoms with E-state index in [-0.39, 0.29) is 11.2 Å². The van der Waals surface area contributed by atoms with Gasteiger partial charge in [0, 0.05) is 17.8 Å². The molecule has 0 atom stereocenters. The number of fused-ring (bicyclic) bond motifs is 1. The topological polar surface area (TPSA) is 44.2 Å². The number of hydrogen-bond donors (Lipinski definition) is 0. The molecule has 4 nitrogen and oxygen atoms in total. The molecule has 0 aliphatic carbocycles. The second-order valence-electron chi connectivity index (χ2n) is 5.56. The molecule has 3 heterocycles. The Morgan fingerprint density at radius 2 is 1.78 bits per heavy atom. The Morgan fingerprint density at radius 1 is 1.11 bits per heavy atom. The minimum absolute atomic E-state index is 0.332. The van der Waals surface area contributed by atoms with Crippen LogP contribution in [0.15, 0.2) is 18.5 Å². The summed E-state index contributed by atoms with van der Waals surface area (Å²) < 4.78 is 17.2. The number of hydrogen-bond acceptors (Lipinski definition) is 5. The van der Waals surface area contributed by atoms with Crippen LogP contribution >= 0.6 is 11.5 Å². The zero-order valence-electron chi connectivity index (χ0n) is 10.9. The van der Waals surface area contributed by atoms with E-state index in [1.807, 2.05) is 46.2 Å². The smallest absolute Gasteiger partial charge is 0.398 e. The van der Waals surface area contributed by atoms with Gasteiger partial charge in [-0.3, -0.25) is 4.98 Å². The monoisotopic (exact) mass is 262 g/mol. The largest absolute Gasteiger partial charge is 0.514 e. The number of nitrogens with zero attached hydrogens (tertiary/aromatic N) is 2. The first kappa shape index (κ1) is 12.1. The molecule has 1 aliphatic rings. The Labute approximate surface area is 111 Å². The number of pyridine rings is 1.